The molecule has 0 fully saturated rings. The number of pyridine rings is 1. The Hall–Kier alpha value is -2.96. The molecule has 146 valence electrons. The number of rotatable bonds is 4. The van der Waals surface area contributed by atoms with E-state index in [2.05, 4.69) is 4.98 Å². The minimum absolute atomic E-state index is 0.0250. The van der Waals surface area contributed by atoms with Crippen molar-refractivity contribution in [3.8, 4) is 16.9 Å². The van der Waals surface area contributed by atoms with Crippen molar-refractivity contribution in [2.45, 2.75) is 9.79 Å². The number of hydrogen-bond acceptors (Lipinski definition) is 4. The average Bonchev–Trinajstić information content (AvgIpc) is 2.72. The van der Waals surface area contributed by atoms with Crippen molar-refractivity contribution in [3.63, 3.8) is 0 Å². The maximum Gasteiger partial charge on any atom is 0.208 e. The third-order valence-corrected chi connectivity index (χ3v) is 6.58. The zero-order valence-corrected chi connectivity index (χ0v) is 16.8. The van der Waals surface area contributed by atoms with Crippen molar-refractivity contribution in [1.29, 1.82) is 0 Å². The fourth-order valence-corrected chi connectivity index (χ4v) is 4.80. The molecule has 0 saturated heterocycles. The van der Waals surface area contributed by atoms with Crippen LogP contribution in [-0.4, -0.2) is 20.5 Å². The molecule has 0 radical (unpaired) electrons. The van der Waals surface area contributed by atoms with Gasteiger partial charge in [0.15, 0.2) is 0 Å². The number of benzene rings is 3. The fourth-order valence-electron chi connectivity index (χ4n) is 3.17. The number of hydrogen-bond donors (Lipinski definition) is 0. The molecule has 0 aliphatic rings. The van der Waals surface area contributed by atoms with Crippen molar-refractivity contribution in [1.82, 2.24) is 4.98 Å². The SMILES string of the molecule is COc1ccc(S(=O)(=O)c2cnc3ccc(F)cc3c2-c2cccc(Cl)c2)cc1. The van der Waals surface area contributed by atoms with Gasteiger partial charge in [-0.2, -0.15) is 0 Å². The average molecular weight is 428 g/mol. The molecule has 3 aromatic carbocycles. The third-order valence-electron chi connectivity index (χ3n) is 4.57. The summed E-state index contributed by atoms with van der Waals surface area (Å²) in [5, 5.41) is 0.832. The number of methoxy groups -OCH3 is 1. The van der Waals surface area contributed by atoms with E-state index in [0.717, 1.165) is 0 Å². The van der Waals surface area contributed by atoms with E-state index in [1.807, 2.05) is 0 Å². The highest BCUT2D eigenvalue weighted by Crippen LogP contribution is 2.37. The van der Waals surface area contributed by atoms with Crippen LogP contribution in [0.4, 0.5) is 4.39 Å². The summed E-state index contributed by atoms with van der Waals surface area (Å²) in [6, 6.07) is 16.9. The van der Waals surface area contributed by atoms with Crippen molar-refractivity contribution < 1.29 is 17.5 Å². The number of aromatic nitrogens is 1. The monoisotopic (exact) mass is 427 g/mol. The Bertz CT molecular complexity index is 1320. The van der Waals surface area contributed by atoms with Gasteiger partial charge in [0.05, 0.1) is 22.4 Å². The van der Waals surface area contributed by atoms with Gasteiger partial charge < -0.3 is 4.74 Å². The van der Waals surface area contributed by atoms with Gasteiger partial charge in [-0.3, -0.25) is 4.98 Å². The van der Waals surface area contributed by atoms with Crippen LogP contribution in [0.1, 0.15) is 0 Å². The molecule has 29 heavy (non-hydrogen) atoms. The second kappa shape index (κ2) is 7.46. The van der Waals surface area contributed by atoms with Crippen LogP contribution in [0.3, 0.4) is 0 Å². The van der Waals surface area contributed by atoms with Crippen molar-refractivity contribution in [3.05, 3.63) is 83.8 Å². The molecule has 0 N–H and O–H groups in total. The summed E-state index contributed by atoms with van der Waals surface area (Å²) in [7, 11) is -2.44. The lowest BCUT2D eigenvalue weighted by Crippen LogP contribution is -2.06. The second-order valence-corrected chi connectivity index (χ2v) is 8.70. The van der Waals surface area contributed by atoms with Crippen LogP contribution >= 0.6 is 11.6 Å². The summed E-state index contributed by atoms with van der Waals surface area (Å²) in [6.45, 7) is 0. The van der Waals surface area contributed by atoms with E-state index >= 15 is 0 Å². The van der Waals surface area contributed by atoms with Gasteiger partial charge in [-0.25, -0.2) is 12.8 Å². The predicted octanol–water partition coefficient (Wildman–Crippen LogP) is 5.54. The summed E-state index contributed by atoms with van der Waals surface area (Å²) in [6.07, 6.45) is 1.30. The highest BCUT2D eigenvalue weighted by molar-refractivity contribution is 7.91. The molecule has 0 spiro atoms. The first-order valence-corrected chi connectivity index (χ1v) is 10.5. The van der Waals surface area contributed by atoms with Crippen LogP contribution in [0.25, 0.3) is 22.0 Å². The standard InChI is InChI=1S/C22H15ClFNO3S/c1-28-17-6-8-18(9-7-17)29(26,27)21-13-25-20-10-5-16(24)12-19(20)22(21)14-3-2-4-15(23)11-14/h2-13H,1H3. The number of ether oxygens (including phenoxy) is 1. The molecule has 0 amide bonds. The van der Waals surface area contributed by atoms with E-state index in [-0.39, 0.29) is 9.79 Å². The van der Waals surface area contributed by atoms with Crippen molar-refractivity contribution >= 4 is 32.3 Å². The second-order valence-electron chi connectivity index (χ2n) is 6.35. The zero-order valence-electron chi connectivity index (χ0n) is 15.3. The van der Waals surface area contributed by atoms with Gasteiger partial charge in [-0.05, 0) is 60.2 Å². The van der Waals surface area contributed by atoms with Crippen LogP contribution in [-0.2, 0) is 9.84 Å². The van der Waals surface area contributed by atoms with E-state index in [9.17, 15) is 12.8 Å². The molecule has 0 aliphatic heterocycles. The molecule has 4 rings (SSSR count). The Morgan fingerprint density at radius 2 is 1.76 bits per heavy atom. The first-order chi connectivity index (χ1) is 13.9. The van der Waals surface area contributed by atoms with Crippen LogP contribution in [0.5, 0.6) is 5.75 Å². The quantitative estimate of drug-likeness (QED) is 0.429. The van der Waals surface area contributed by atoms with E-state index in [0.29, 0.717) is 32.8 Å². The molecule has 4 aromatic rings. The van der Waals surface area contributed by atoms with E-state index in [1.165, 1.54) is 43.6 Å². The number of sulfone groups is 1. The Morgan fingerprint density at radius 3 is 2.45 bits per heavy atom. The van der Waals surface area contributed by atoms with Gasteiger partial charge in [0.25, 0.3) is 0 Å². The lowest BCUT2D eigenvalue weighted by molar-refractivity contribution is 0.414. The Morgan fingerprint density at radius 1 is 1.00 bits per heavy atom. The van der Waals surface area contributed by atoms with E-state index in [1.54, 1.807) is 36.4 Å². The van der Waals surface area contributed by atoms with E-state index < -0.39 is 15.7 Å². The minimum atomic E-state index is -3.94. The summed E-state index contributed by atoms with van der Waals surface area (Å²) < 4.78 is 46.0. The lowest BCUT2D eigenvalue weighted by atomic mass is 10.0. The summed E-state index contributed by atoms with van der Waals surface area (Å²) in [5.74, 6) is 0.0549. The van der Waals surface area contributed by atoms with Crippen LogP contribution in [0, 0.1) is 5.82 Å². The summed E-state index contributed by atoms with van der Waals surface area (Å²) >= 11 is 6.14. The number of halogens is 2. The predicted molar refractivity (Wildman–Crippen MR) is 111 cm³/mol. The maximum atomic E-state index is 14.0. The van der Waals surface area contributed by atoms with Crippen LogP contribution < -0.4 is 4.74 Å². The third kappa shape index (κ3) is 3.57. The van der Waals surface area contributed by atoms with Gasteiger partial charge in [0, 0.05) is 22.2 Å². The molecular formula is C22H15ClFNO3S. The molecule has 7 heteroatoms. The lowest BCUT2D eigenvalue weighted by Gasteiger charge is -2.14. The number of fused-ring (bicyclic) bond motifs is 1. The normalized spacial score (nSPS) is 11.6. The molecule has 1 heterocycles. The summed E-state index contributed by atoms with van der Waals surface area (Å²) in [5.41, 5.74) is 1.39. The van der Waals surface area contributed by atoms with Crippen LogP contribution in [0.15, 0.2) is 82.7 Å². The fraction of sp³-hybridized carbons (Fsp3) is 0.0455. The van der Waals surface area contributed by atoms with Gasteiger partial charge in [-0.15, -0.1) is 0 Å². The smallest absolute Gasteiger partial charge is 0.208 e. The molecule has 0 atom stereocenters. The summed E-state index contributed by atoms with van der Waals surface area (Å²) in [4.78, 5) is 4.31. The number of nitrogens with zero attached hydrogens (tertiary/aromatic N) is 1. The molecule has 4 nitrogen and oxygen atoms in total. The topological polar surface area (TPSA) is 56.3 Å². The molecule has 1 aromatic heterocycles. The minimum Gasteiger partial charge on any atom is -0.497 e. The Labute approximate surface area is 172 Å². The Kier molecular flexibility index (Phi) is 4.98. The molecule has 0 aliphatic carbocycles. The van der Waals surface area contributed by atoms with Gasteiger partial charge in [0.2, 0.25) is 9.84 Å². The first kappa shape index (κ1) is 19.4. The zero-order chi connectivity index (χ0) is 20.6. The highest BCUT2D eigenvalue weighted by atomic mass is 35.5. The van der Waals surface area contributed by atoms with Crippen LogP contribution in [0.2, 0.25) is 5.02 Å². The van der Waals surface area contributed by atoms with E-state index in [4.69, 9.17) is 16.3 Å². The molecular weight excluding hydrogens is 413 g/mol. The maximum absolute atomic E-state index is 14.0. The molecule has 0 unspecified atom stereocenters. The Balaban J connectivity index is 2.04. The highest BCUT2D eigenvalue weighted by Gasteiger charge is 2.25. The van der Waals surface area contributed by atoms with Gasteiger partial charge in [-0.1, -0.05) is 23.7 Å². The molecule has 0 bridgehead atoms. The van der Waals surface area contributed by atoms with Gasteiger partial charge >= 0.3 is 0 Å². The van der Waals surface area contributed by atoms with Crippen molar-refractivity contribution in [2.75, 3.05) is 7.11 Å². The molecule has 0 saturated carbocycles. The first-order valence-electron chi connectivity index (χ1n) is 8.63. The van der Waals surface area contributed by atoms with Crippen molar-refractivity contribution in [2.24, 2.45) is 0 Å². The largest absolute Gasteiger partial charge is 0.497 e. The van der Waals surface area contributed by atoms with Gasteiger partial charge in [0.1, 0.15) is 11.6 Å².